The first kappa shape index (κ1) is 23.9. The lowest BCUT2D eigenvalue weighted by Gasteiger charge is -2.15. The highest BCUT2D eigenvalue weighted by Crippen LogP contribution is 2.35. The molecular formula is C29H27ClN4O2. The van der Waals surface area contributed by atoms with E-state index in [4.69, 9.17) is 21.3 Å². The number of hydrogen-bond donors (Lipinski definition) is 0. The number of nitrogens with zero attached hydrogens (tertiary/aromatic N) is 4. The Labute approximate surface area is 215 Å². The summed E-state index contributed by atoms with van der Waals surface area (Å²) in [6.07, 6.45) is 1.60. The van der Waals surface area contributed by atoms with Gasteiger partial charge in [0.25, 0.3) is 0 Å². The minimum absolute atomic E-state index is 0.166. The normalized spacial score (nSPS) is 14.4. The third-order valence-electron chi connectivity index (χ3n) is 6.42. The third-order valence-corrected chi connectivity index (χ3v) is 6.67. The van der Waals surface area contributed by atoms with Gasteiger partial charge in [-0.15, -0.1) is 10.2 Å². The van der Waals surface area contributed by atoms with E-state index in [0.29, 0.717) is 17.3 Å². The van der Waals surface area contributed by atoms with Crippen LogP contribution in [0.4, 0.5) is 0 Å². The molecule has 0 amide bonds. The highest BCUT2D eigenvalue weighted by molar-refractivity contribution is 6.30. The zero-order chi connectivity index (χ0) is 25.2. The van der Waals surface area contributed by atoms with Crippen LogP contribution in [0.2, 0.25) is 5.02 Å². The van der Waals surface area contributed by atoms with Crippen molar-refractivity contribution in [1.29, 1.82) is 0 Å². The molecule has 1 aliphatic rings. The fourth-order valence-corrected chi connectivity index (χ4v) is 4.76. The van der Waals surface area contributed by atoms with Crippen LogP contribution < -0.4 is 4.74 Å². The lowest BCUT2D eigenvalue weighted by atomic mass is 9.95. The molecule has 0 spiro atoms. The molecule has 0 saturated heterocycles. The summed E-state index contributed by atoms with van der Waals surface area (Å²) < 4.78 is 7.36. The Balaban J connectivity index is 1.72. The van der Waals surface area contributed by atoms with E-state index in [1.54, 1.807) is 7.11 Å². The van der Waals surface area contributed by atoms with Crippen LogP contribution in [0.25, 0.3) is 16.8 Å². The van der Waals surface area contributed by atoms with Gasteiger partial charge in [-0.05, 0) is 60.9 Å². The average molecular weight is 499 g/mol. The summed E-state index contributed by atoms with van der Waals surface area (Å²) in [5, 5.41) is 9.48. The Morgan fingerprint density at radius 1 is 0.972 bits per heavy atom. The minimum Gasteiger partial charge on any atom is -0.497 e. The Kier molecular flexibility index (Phi) is 6.70. The largest absolute Gasteiger partial charge is 0.497 e. The summed E-state index contributed by atoms with van der Waals surface area (Å²) in [5.41, 5.74) is 5.72. The van der Waals surface area contributed by atoms with Gasteiger partial charge < -0.3 is 4.74 Å². The van der Waals surface area contributed by atoms with Gasteiger partial charge in [0.2, 0.25) is 0 Å². The summed E-state index contributed by atoms with van der Waals surface area (Å²) in [7, 11) is 1.66. The first-order chi connectivity index (χ1) is 17.5. The van der Waals surface area contributed by atoms with Gasteiger partial charge in [0.15, 0.2) is 5.82 Å². The zero-order valence-corrected chi connectivity index (χ0v) is 21.3. The maximum Gasteiger partial charge on any atom is 0.162 e. The van der Waals surface area contributed by atoms with Gasteiger partial charge in [0.05, 0.1) is 18.5 Å². The number of ketones is 1. The van der Waals surface area contributed by atoms with E-state index >= 15 is 0 Å². The van der Waals surface area contributed by atoms with Crippen molar-refractivity contribution in [3.8, 4) is 22.6 Å². The van der Waals surface area contributed by atoms with Crippen molar-refractivity contribution in [2.24, 2.45) is 4.99 Å². The maximum absolute atomic E-state index is 12.7. The predicted octanol–water partition coefficient (Wildman–Crippen LogP) is 6.56. The van der Waals surface area contributed by atoms with Gasteiger partial charge in [0.1, 0.15) is 23.4 Å². The number of benzene rings is 3. The molecule has 2 heterocycles. The van der Waals surface area contributed by atoms with Crippen LogP contribution in [0.5, 0.6) is 5.75 Å². The first-order valence-electron chi connectivity index (χ1n) is 12.0. The molecule has 182 valence electrons. The van der Waals surface area contributed by atoms with Crippen molar-refractivity contribution < 1.29 is 9.53 Å². The van der Waals surface area contributed by atoms with E-state index in [-0.39, 0.29) is 12.2 Å². The Hall–Kier alpha value is -3.77. The molecule has 6 nitrogen and oxygen atoms in total. The van der Waals surface area contributed by atoms with Crippen molar-refractivity contribution in [2.75, 3.05) is 7.11 Å². The summed E-state index contributed by atoms with van der Waals surface area (Å²) >= 11 is 6.20. The van der Waals surface area contributed by atoms with E-state index in [1.807, 2.05) is 66.9 Å². The minimum atomic E-state index is -0.437. The SMILES string of the molecule is CCCC(=O)C[C@@H]1N=C(c2ccc(Cl)cc2)c2cc(-c3ccc(OC)cc3)ccc2-n2c(C)nnc21. The molecule has 0 aliphatic carbocycles. The number of hydrogen-bond acceptors (Lipinski definition) is 5. The van der Waals surface area contributed by atoms with Gasteiger partial charge in [-0.1, -0.05) is 48.9 Å². The lowest BCUT2D eigenvalue weighted by Crippen LogP contribution is -2.11. The van der Waals surface area contributed by atoms with E-state index in [9.17, 15) is 4.79 Å². The number of aryl methyl sites for hydroxylation is 1. The summed E-state index contributed by atoms with van der Waals surface area (Å²) in [5.74, 6) is 2.41. The van der Waals surface area contributed by atoms with Crippen molar-refractivity contribution in [1.82, 2.24) is 14.8 Å². The van der Waals surface area contributed by atoms with Crippen LogP contribution >= 0.6 is 11.6 Å². The molecule has 0 bridgehead atoms. The van der Waals surface area contributed by atoms with Crippen LogP contribution in [0.15, 0.2) is 71.7 Å². The topological polar surface area (TPSA) is 69.4 Å². The predicted molar refractivity (Wildman–Crippen MR) is 142 cm³/mol. The van der Waals surface area contributed by atoms with Gasteiger partial charge in [0, 0.05) is 29.0 Å². The van der Waals surface area contributed by atoms with Crippen LogP contribution in [0, 0.1) is 6.92 Å². The molecule has 36 heavy (non-hydrogen) atoms. The molecular weight excluding hydrogens is 472 g/mol. The number of carbonyl (C=O) groups excluding carboxylic acids is 1. The quantitative estimate of drug-likeness (QED) is 0.289. The third kappa shape index (κ3) is 4.56. The number of aliphatic imine (C=N–C) groups is 1. The summed E-state index contributed by atoms with van der Waals surface area (Å²) in [6, 6.07) is 21.5. The molecule has 0 fully saturated rings. The molecule has 0 saturated carbocycles. The number of halogens is 1. The Bertz CT molecular complexity index is 1440. The Morgan fingerprint density at radius 2 is 1.67 bits per heavy atom. The number of ether oxygens (including phenoxy) is 1. The smallest absolute Gasteiger partial charge is 0.162 e. The van der Waals surface area contributed by atoms with Gasteiger partial charge in [-0.3, -0.25) is 14.4 Å². The van der Waals surface area contributed by atoms with Gasteiger partial charge in [-0.2, -0.15) is 0 Å². The van der Waals surface area contributed by atoms with E-state index in [2.05, 4.69) is 28.4 Å². The van der Waals surface area contributed by atoms with E-state index in [0.717, 1.165) is 51.6 Å². The van der Waals surface area contributed by atoms with Crippen LogP contribution in [0.3, 0.4) is 0 Å². The monoisotopic (exact) mass is 498 g/mol. The molecule has 3 aromatic carbocycles. The number of Topliss-reactive ketones (excluding diaryl/α,β-unsaturated/α-hetero) is 1. The van der Waals surface area contributed by atoms with Crippen molar-refractivity contribution in [3.05, 3.63) is 94.5 Å². The molecule has 7 heteroatoms. The number of aromatic nitrogens is 3. The van der Waals surface area contributed by atoms with Gasteiger partial charge in [-0.25, -0.2) is 0 Å². The van der Waals surface area contributed by atoms with Crippen molar-refractivity contribution in [2.45, 2.75) is 39.2 Å². The lowest BCUT2D eigenvalue weighted by molar-refractivity contribution is -0.119. The molecule has 0 radical (unpaired) electrons. The second-order valence-corrected chi connectivity index (χ2v) is 9.33. The van der Waals surface area contributed by atoms with Crippen LogP contribution in [0.1, 0.15) is 55.0 Å². The molecule has 4 aromatic rings. The van der Waals surface area contributed by atoms with Gasteiger partial charge >= 0.3 is 0 Å². The van der Waals surface area contributed by atoms with E-state index in [1.165, 1.54) is 0 Å². The van der Waals surface area contributed by atoms with E-state index < -0.39 is 6.04 Å². The molecule has 0 N–H and O–H groups in total. The second-order valence-electron chi connectivity index (χ2n) is 8.89. The number of fused-ring (bicyclic) bond motifs is 3. The fraction of sp³-hybridized carbons (Fsp3) is 0.241. The Morgan fingerprint density at radius 3 is 2.36 bits per heavy atom. The van der Waals surface area contributed by atoms with Crippen LogP contribution in [-0.2, 0) is 4.79 Å². The number of methoxy groups -OCH3 is 1. The average Bonchev–Trinajstić information content (AvgIpc) is 3.21. The highest BCUT2D eigenvalue weighted by atomic mass is 35.5. The standard InChI is InChI=1S/C29H27ClN4O2/c1-4-5-23(35)17-26-29-33-32-18(2)34(29)27-15-10-21(19-8-13-24(36-3)14-9-19)16-25(27)28(31-26)20-6-11-22(30)12-7-20/h6-16,26H,4-5,17H2,1-3H3/t26-/m0/s1. The summed E-state index contributed by atoms with van der Waals surface area (Å²) in [4.78, 5) is 17.9. The van der Waals surface area contributed by atoms with Crippen LogP contribution in [-0.4, -0.2) is 33.4 Å². The molecule has 5 rings (SSSR count). The number of rotatable bonds is 7. The highest BCUT2D eigenvalue weighted by Gasteiger charge is 2.29. The summed E-state index contributed by atoms with van der Waals surface area (Å²) in [6.45, 7) is 3.94. The molecule has 0 unspecified atom stereocenters. The van der Waals surface area contributed by atoms with Crippen molar-refractivity contribution >= 4 is 23.1 Å². The zero-order valence-electron chi connectivity index (χ0n) is 20.5. The molecule has 1 atom stereocenters. The number of carbonyl (C=O) groups is 1. The fourth-order valence-electron chi connectivity index (χ4n) is 4.63. The maximum atomic E-state index is 12.7. The van der Waals surface area contributed by atoms with Crippen molar-refractivity contribution in [3.63, 3.8) is 0 Å². The molecule has 1 aromatic heterocycles. The molecule has 1 aliphatic heterocycles. The first-order valence-corrected chi connectivity index (χ1v) is 12.4. The second kappa shape index (κ2) is 10.1.